The maximum Gasteiger partial charge on any atom is 0.234 e. The van der Waals surface area contributed by atoms with Crippen LogP contribution in [0.5, 0.6) is 0 Å². The molecular formula is C12H12Cl2N4OS2. The first-order valence-electron chi connectivity index (χ1n) is 6.04. The lowest BCUT2D eigenvalue weighted by molar-refractivity contribution is -0.113. The van der Waals surface area contributed by atoms with E-state index in [-0.39, 0.29) is 11.7 Å². The summed E-state index contributed by atoms with van der Waals surface area (Å²) in [6, 6.07) is 5.09. The van der Waals surface area contributed by atoms with E-state index in [4.69, 9.17) is 23.2 Å². The van der Waals surface area contributed by atoms with E-state index < -0.39 is 0 Å². The summed E-state index contributed by atoms with van der Waals surface area (Å²) in [5, 5.41) is 15.2. The Morgan fingerprint density at radius 2 is 2.19 bits per heavy atom. The van der Waals surface area contributed by atoms with Crippen molar-refractivity contribution in [3.8, 4) is 0 Å². The molecule has 1 aromatic carbocycles. The molecule has 0 saturated heterocycles. The van der Waals surface area contributed by atoms with Gasteiger partial charge in [-0.25, -0.2) is 0 Å². The molecule has 0 fully saturated rings. The van der Waals surface area contributed by atoms with Crippen LogP contribution in [0.4, 0.5) is 10.8 Å². The number of halogens is 2. The van der Waals surface area contributed by atoms with E-state index in [9.17, 15) is 4.79 Å². The molecule has 112 valence electrons. The van der Waals surface area contributed by atoms with E-state index in [2.05, 4.69) is 20.8 Å². The summed E-state index contributed by atoms with van der Waals surface area (Å²) in [4.78, 5) is 11.9. The molecule has 1 amide bonds. The van der Waals surface area contributed by atoms with E-state index in [1.54, 1.807) is 18.2 Å². The molecule has 0 unspecified atom stereocenters. The fraction of sp³-hybridized carbons (Fsp3) is 0.250. The zero-order chi connectivity index (χ0) is 15.2. The van der Waals surface area contributed by atoms with E-state index in [1.165, 1.54) is 23.1 Å². The average Bonchev–Trinajstić information content (AvgIpc) is 2.90. The highest BCUT2D eigenvalue weighted by atomic mass is 35.5. The molecule has 0 bridgehead atoms. The van der Waals surface area contributed by atoms with Crippen molar-refractivity contribution in [2.75, 3.05) is 22.9 Å². The van der Waals surface area contributed by atoms with E-state index >= 15 is 0 Å². The van der Waals surface area contributed by atoms with Crippen LogP contribution in [0, 0.1) is 0 Å². The Morgan fingerprint density at radius 3 is 2.95 bits per heavy atom. The molecule has 21 heavy (non-hydrogen) atoms. The van der Waals surface area contributed by atoms with Crippen molar-refractivity contribution in [1.29, 1.82) is 0 Å². The number of nitrogens with zero attached hydrogens (tertiary/aromatic N) is 2. The van der Waals surface area contributed by atoms with Gasteiger partial charge in [0.05, 0.1) is 21.5 Å². The Bertz CT molecular complexity index is 635. The van der Waals surface area contributed by atoms with Crippen LogP contribution in [0.3, 0.4) is 0 Å². The van der Waals surface area contributed by atoms with Crippen molar-refractivity contribution in [1.82, 2.24) is 10.2 Å². The number of aromatic nitrogens is 2. The van der Waals surface area contributed by atoms with Gasteiger partial charge in [-0.05, 0) is 19.1 Å². The molecule has 5 nitrogen and oxygen atoms in total. The Hall–Kier alpha value is -1.02. The van der Waals surface area contributed by atoms with Gasteiger partial charge in [0, 0.05) is 6.54 Å². The summed E-state index contributed by atoms with van der Waals surface area (Å²) in [7, 11) is 0. The number of benzene rings is 1. The molecule has 1 heterocycles. The minimum atomic E-state index is -0.177. The summed E-state index contributed by atoms with van der Waals surface area (Å²) in [6.45, 7) is 2.77. The number of hydrogen-bond donors (Lipinski definition) is 2. The molecule has 1 aromatic heterocycles. The van der Waals surface area contributed by atoms with Crippen molar-refractivity contribution < 1.29 is 4.79 Å². The number of rotatable bonds is 6. The summed E-state index contributed by atoms with van der Waals surface area (Å²) in [5.41, 5.74) is 0.500. The zero-order valence-electron chi connectivity index (χ0n) is 11.0. The first kappa shape index (κ1) is 16.4. The standard InChI is InChI=1S/C12H12Cl2N4OS2/c1-2-15-11-17-18-12(21-11)20-6-9(19)16-8-5-3-4-7(13)10(8)14/h3-5H,2,6H2,1H3,(H,15,17)(H,16,19). The minimum Gasteiger partial charge on any atom is -0.360 e. The molecule has 0 aliphatic rings. The van der Waals surface area contributed by atoms with Gasteiger partial charge in [-0.15, -0.1) is 10.2 Å². The topological polar surface area (TPSA) is 66.9 Å². The number of nitrogens with one attached hydrogen (secondary N) is 2. The minimum absolute atomic E-state index is 0.177. The van der Waals surface area contributed by atoms with Crippen molar-refractivity contribution >= 4 is 63.0 Å². The van der Waals surface area contributed by atoms with Gasteiger partial charge in [-0.1, -0.05) is 52.4 Å². The van der Waals surface area contributed by atoms with E-state index in [0.29, 0.717) is 15.7 Å². The molecule has 2 rings (SSSR count). The van der Waals surface area contributed by atoms with E-state index in [0.717, 1.165) is 16.0 Å². The van der Waals surface area contributed by atoms with Crippen molar-refractivity contribution in [2.24, 2.45) is 0 Å². The molecular weight excluding hydrogens is 351 g/mol. The second kappa shape index (κ2) is 7.84. The number of hydrogen-bond acceptors (Lipinski definition) is 6. The van der Waals surface area contributed by atoms with Crippen LogP contribution in [-0.4, -0.2) is 28.4 Å². The highest BCUT2D eigenvalue weighted by molar-refractivity contribution is 8.01. The van der Waals surface area contributed by atoms with E-state index in [1.807, 2.05) is 6.92 Å². The maximum atomic E-state index is 11.9. The van der Waals surface area contributed by atoms with Gasteiger partial charge < -0.3 is 10.6 Å². The second-order valence-corrected chi connectivity index (χ2v) is 6.83. The molecule has 0 atom stereocenters. The Morgan fingerprint density at radius 1 is 1.38 bits per heavy atom. The van der Waals surface area contributed by atoms with Crippen LogP contribution in [0.2, 0.25) is 10.0 Å². The first-order valence-corrected chi connectivity index (χ1v) is 8.60. The van der Waals surface area contributed by atoms with Crippen LogP contribution in [-0.2, 0) is 4.79 Å². The predicted octanol–water partition coefficient (Wildman–Crippen LogP) is 4.01. The maximum absolute atomic E-state index is 11.9. The third-order valence-electron chi connectivity index (χ3n) is 2.29. The smallest absolute Gasteiger partial charge is 0.234 e. The molecule has 2 N–H and O–H groups in total. The van der Waals surface area contributed by atoms with Gasteiger partial charge in [0.15, 0.2) is 4.34 Å². The lowest BCUT2D eigenvalue weighted by Gasteiger charge is -2.07. The van der Waals surface area contributed by atoms with Crippen molar-refractivity contribution in [2.45, 2.75) is 11.3 Å². The Labute approximate surface area is 140 Å². The largest absolute Gasteiger partial charge is 0.360 e. The third kappa shape index (κ3) is 4.74. The number of amides is 1. The summed E-state index contributed by atoms with van der Waals surface area (Å²) >= 11 is 14.6. The lowest BCUT2D eigenvalue weighted by Crippen LogP contribution is -2.14. The van der Waals surface area contributed by atoms with Gasteiger partial charge >= 0.3 is 0 Å². The first-order chi connectivity index (χ1) is 10.1. The van der Waals surface area contributed by atoms with Gasteiger partial charge in [0.2, 0.25) is 11.0 Å². The highest BCUT2D eigenvalue weighted by Crippen LogP contribution is 2.30. The second-order valence-electron chi connectivity index (χ2n) is 3.84. The van der Waals surface area contributed by atoms with Gasteiger partial charge in [-0.2, -0.15) is 0 Å². The number of carbonyl (C=O) groups is 1. The molecule has 0 aliphatic carbocycles. The summed E-state index contributed by atoms with van der Waals surface area (Å²) in [5.74, 6) is 0.0493. The fourth-order valence-electron chi connectivity index (χ4n) is 1.40. The highest BCUT2D eigenvalue weighted by Gasteiger charge is 2.10. The molecule has 9 heteroatoms. The van der Waals surface area contributed by atoms with Crippen LogP contribution in [0.15, 0.2) is 22.5 Å². The lowest BCUT2D eigenvalue weighted by atomic mass is 10.3. The normalized spacial score (nSPS) is 10.4. The van der Waals surface area contributed by atoms with Crippen molar-refractivity contribution in [3.63, 3.8) is 0 Å². The van der Waals surface area contributed by atoms with Gasteiger partial charge in [0.25, 0.3) is 0 Å². The quantitative estimate of drug-likeness (QED) is 0.759. The third-order valence-corrected chi connectivity index (χ3v) is 5.12. The number of anilines is 2. The summed E-state index contributed by atoms with van der Waals surface area (Å²) < 4.78 is 0.735. The zero-order valence-corrected chi connectivity index (χ0v) is 14.2. The van der Waals surface area contributed by atoms with Crippen LogP contribution in [0.1, 0.15) is 6.92 Å². The SMILES string of the molecule is CCNc1nnc(SCC(=O)Nc2cccc(Cl)c2Cl)s1. The molecule has 0 aliphatic heterocycles. The summed E-state index contributed by atoms with van der Waals surface area (Å²) in [6.07, 6.45) is 0. The van der Waals surface area contributed by atoms with Crippen LogP contribution >= 0.6 is 46.3 Å². The Balaban J connectivity index is 1.88. The van der Waals surface area contributed by atoms with Crippen molar-refractivity contribution in [3.05, 3.63) is 28.2 Å². The average molecular weight is 363 g/mol. The number of carbonyl (C=O) groups excluding carboxylic acids is 1. The molecule has 2 aromatic rings. The molecule has 0 spiro atoms. The van der Waals surface area contributed by atoms with Gasteiger partial charge in [-0.3, -0.25) is 4.79 Å². The molecule has 0 radical (unpaired) electrons. The number of thioether (sulfide) groups is 1. The van der Waals surface area contributed by atoms with Crippen LogP contribution in [0.25, 0.3) is 0 Å². The monoisotopic (exact) mass is 362 g/mol. The fourth-order valence-corrected chi connectivity index (χ4v) is 3.37. The molecule has 0 saturated carbocycles. The van der Waals surface area contributed by atoms with Crippen LogP contribution < -0.4 is 10.6 Å². The Kier molecular flexibility index (Phi) is 6.10. The predicted molar refractivity (Wildman–Crippen MR) is 89.9 cm³/mol. The van der Waals surface area contributed by atoms with Gasteiger partial charge in [0.1, 0.15) is 0 Å².